The van der Waals surface area contributed by atoms with Crippen LogP contribution in [0.2, 0.25) is 0 Å². The van der Waals surface area contributed by atoms with Gasteiger partial charge in [0.05, 0.1) is 12.9 Å². The minimum Gasteiger partial charge on any atom is -0.494 e. The van der Waals surface area contributed by atoms with E-state index in [1.54, 1.807) is 24.3 Å². The number of rotatable bonds is 5. The minimum atomic E-state index is -0.452. The number of furan rings is 1. The third-order valence-corrected chi connectivity index (χ3v) is 2.80. The zero-order valence-corrected chi connectivity index (χ0v) is 11.8. The molecule has 0 radical (unpaired) electrons. The van der Waals surface area contributed by atoms with Gasteiger partial charge in [0.15, 0.2) is 5.76 Å². The number of carbonyl (C=O) groups is 1. The zero-order chi connectivity index (χ0) is 15.4. The highest BCUT2D eigenvalue weighted by molar-refractivity contribution is 6.00. The van der Waals surface area contributed by atoms with Crippen molar-refractivity contribution in [3.8, 4) is 17.2 Å². The summed E-state index contributed by atoms with van der Waals surface area (Å²) in [4.78, 5) is 11.8. The van der Waals surface area contributed by atoms with Gasteiger partial charge in [-0.3, -0.25) is 10.1 Å². The maximum Gasteiger partial charge on any atom is 0.322 e. The van der Waals surface area contributed by atoms with Crippen LogP contribution in [0.15, 0.2) is 51.5 Å². The minimum absolute atomic E-state index is 0.00489. The number of benzene rings is 1. The molecule has 0 saturated carbocycles. The Bertz CT molecular complexity index is 747. The molecule has 2 aromatic heterocycles. The van der Waals surface area contributed by atoms with E-state index in [0.717, 1.165) is 11.3 Å². The lowest BCUT2D eigenvalue weighted by atomic mass is 10.2. The summed E-state index contributed by atoms with van der Waals surface area (Å²) in [7, 11) is 0. The van der Waals surface area contributed by atoms with Gasteiger partial charge in [-0.2, -0.15) is 0 Å². The van der Waals surface area contributed by atoms with Crippen LogP contribution in [0.4, 0.5) is 6.01 Å². The SMILES string of the molecule is CCOc1ccc(-c2nnc(NC(=O)c3ccco3)o2)cc1. The smallest absolute Gasteiger partial charge is 0.322 e. The molecule has 2 heterocycles. The van der Waals surface area contributed by atoms with E-state index >= 15 is 0 Å². The summed E-state index contributed by atoms with van der Waals surface area (Å²) < 4.78 is 15.7. The molecule has 1 N–H and O–H groups in total. The van der Waals surface area contributed by atoms with Gasteiger partial charge in [-0.25, -0.2) is 0 Å². The largest absolute Gasteiger partial charge is 0.494 e. The zero-order valence-electron chi connectivity index (χ0n) is 11.8. The van der Waals surface area contributed by atoms with E-state index in [0.29, 0.717) is 12.5 Å². The number of amides is 1. The summed E-state index contributed by atoms with van der Waals surface area (Å²) in [5, 5.41) is 10.1. The van der Waals surface area contributed by atoms with Crippen molar-refractivity contribution in [2.24, 2.45) is 0 Å². The van der Waals surface area contributed by atoms with Crippen LogP contribution in [-0.2, 0) is 0 Å². The molecular weight excluding hydrogens is 286 g/mol. The topological polar surface area (TPSA) is 90.4 Å². The molecule has 3 aromatic rings. The van der Waals surface area contributed by atoms with Crippen molar-refractivity contribution < 1.29 is 18.4 Å². The van der Waals surface area contributed by atoms with Crippen LogP contribution >= 0.6 is 0 Å². The fourth-order valence-electron chi connectivity index (χ4n) is 1.82. The highest BCUT2D eigenvalue weighted by Gasteiger charge is 2.14. The van der Waals surface area contributed by atoms with Crippen LogP contribution in [-0.4, -0.2) is 22.7 Å². The fourth-order valence-corrected chi connectivity index (χ4v) is 1.82. The van der Waals surface area contributed by atoms with Crippen LogP contribution < -0.4 is 10.1 Å². The molecule has 1 amide bonds. The van der Waals surface area contributed by atoms with Crippen LogP contribution in [0.5, 0.6) is 5.75 Å². The second-order valence-corrected chi connectivity index (χ2v) is 4.30. The maximum atomic E-state index is 11.8. The third-order valence-electron chi connectivity index (χ3n) is 2.80. The second kappa shape index (κ2) is 6.13. The van der Waals surface area contributed by atoms with Gasteiger partial charge in [-0.05, 0) is 43.3 Å². The Balaban J connectivity index is 1.72. The molecule has 0 aliphatic carbocycles. The molecule has 0 fully saturated rings. The van der Waals surface area contributed by atoms with Gasteiger partial charge in [0, 0.05) is 5.56 Å². The molecular formula is C15H13N3O4. The van der Waals surface area contributed by atoms with Crippen molar-refractivity contribution >= 4 is 11.9 Å². The van der Waals surface area contributed by atoms with Gasteiger partial charge >= 0.3 is 6.01 Å². The Labute approximate surface area is 125 Å². The molecule has 0 saturated heterocycles. The predicted molar refractivity (Wildman–Crippen MR) is 77.6 cm³/mol. The molecule has 0 aliphatic heterocycles. The van der Waals surface area contributed by atoms with Crippen molar-refractivity contribution in [3.63, 3.8) is 0 Å². The van der Waals surface area contributed by atoms with Crippen molar-refractivity contribution in [2.75, 3.05) is 11.9 Å². The van der Waals surface area contributed by atoms with Gasteiger partial charge in [0.1, 0.15) is 5.75 Å². The first kappa shape index (κ1) is 13.9. The van der Waals surface area contributed by atoms with E-state index in [9.17, 15) is 4.79 Å². The Hall–Kier alpha value is -3.09. The first-order valence-electron chi connectivity index (χ1n) is 6.68. The number of aromatic nitrogens is 2. The number of anilines is 1. The van der Waals surface area contributed by atoms with Crippen LogP contribution in [0.3, 0.4) is 0 Å². The van der Waals surface area contributed by atoms with E-state index in [-0.39, 0.29) is 11.8 Å². The summed E-state index contributed by atoms with van der Waals surface area (Å²) in [5.41, 5.74) is 0.731. The van der Waals surface area contributed by atoms with E-state index in [4.69, 9.17) is 13.6 Å². The Morgan fingerprint density at radius 2 is 2.05 bits per heavy atom. The molecule has 0 spiro atoms. The molecule has 0 bridgehead atoms. The van der Waals surface area contributed by atoms with Crippen molar-refractivity contribution in [1.82, 2.24) is 10.2 Å². The van der Waals surface area contributed by atoms with E-state index < -0.39 is 5.91 Å². The Kier molecular flexibility index (Phi) is 3.86. The molecule has 1 aromatic carbocycles. The predicted octanol–water partition coefficient (Wildman–Crippen LogP) is 2.98. The van der Waals surface area contributed by atoms with Gasteiger partial charge in [-0.15, -0.1) is 5.10 Å². The summed E-state index contributed by atoms with van der Waals surface area (Å²) in [5.74, 6) is 0.780. The van der Waals surface area contributed by atoms with Gasteiger partial charge in [0.25, 0.3) is 5.91 Å². The molecule has 0 unspecified atom stereocenters. The first-order valence-corrected chi connectivity index (χ1v) is 6.68. The lowest BCUT2D eigenvalue weighted by Crippen LogP contribution is -2.10. The quantitative estimate of drug-likeness (QED) is 0.779. The number of carbonyl (C=O) groups excluding carboxylic acids is 1. The van der Waals surface area contributed by atoms with Crippen molar-refractivity contribution in [2.45, 2.75) is 6.92 Å². The van der Waals surface area contributed by atoms with Crippen molar-refractivity contribution in [3.05, 3.63) is 48.4 Å². The molecule has 112 valence electrons. The Morgan fingerprint density at radius 1 is 1.23 bits per heavy atom. The number of hydrogen-bond donors (Lipinski definition) is 1. The maximum absolute atomic E-state index is 11.8. The number of ether oxygens (including phenoxy) is 1. The van der Waals surface area contributed by atoms with Gasteiger partial charge < -0.3 is 13.6 Å². The Morgan fingerprint density at radius 3 is 2.73 bits per heavy atom. The molecule has 0 aliphatic rings. The standard InChI is InChI=1S/C15H13N3O4/c1-2-20-11-7-5-10(6-8-11)14-17-18-15(22-14)16-13(19)12-4-3-9-21-12/h3-9H,2H2,1H3,(H,16,18,19). The molecule has 7 nitrogen and oxygen atoms in total. The number of hydrogen-bond acceptors (Lipinski definition) is 6. The van der Waals surface area contributed by atoms with Gasteiger partial charge in [0.2, 0.25) is 5.89 Å². The van der Waals surface area contributed by atoms with Crippen LogP contribution in [0, 0.1) is 0 Å². The average Bonchev–Trinajstić information content (AvgIpc) is 3.19. The highest BCUT2D eigenvalue weighted by Crippen LogP contribution is 2.22. The normalized spacial score (nSPS) is 10.4. The number of nitrogens with zero attached hydrogens (tertiary/aromatic N) is 2. The average molecular weight is 299 g/mol. The molecule has 7 heteroatoms. The van der Waals surface area contributed by atoms with Crippen LogP contribution in [0.1, 0.15) is 17.5 Å². The van der Waals surface area contributed by atoms with Crippen molar-refractivity contribution in [1.29, 1.82) is 0 Å². The molecule has 3 rings (SSSR count). The first-order chi connectivity index (χ1) is 10.8. The summed E-state index contributed by atoms with van der Waals surface area (Å²) in [6.07, 6.45) is 1.41. The summed E-state index contributed by atoms with van der Waals surface area (Å²) in [6.45, 7) is 2.52. The van der Waals surface area contributed by atoms with Gasteiger partial charge in [-0.1, -0.05) is 5.10 Å². The number of nitrogens with one attached hydrogen (secondary N) is 1. The van der Waals surface area contributed by atoms with Crippen LogP contribution in [0.25, 0.3) is 11.5 Å². The third kappa shape index (κ3) is 2.98. The van der Waals surface area contributed by atoms with E-state index in [1.807, 2.05) is 19.1 Å². The van der Waals surface area contributed by atoms with E-state index in [2.05, 4.69) is 15.5 Å². The molecule has 0 atom stereocenters. The molecule has 22 heavy (non-hydrogen) atoms. The monoisotopic (exact) mass is 299 g/mol. The second-order valence-electron chi connectivity index (χ2n) is 4.30. The summed E-state index contributed by atoms with van der Waals surface area (Å²) in [6, 6.07) is 10.4. The lowest BCUT2D eigenvalue weighted by molar-refractivity contribution is 0.0994. The highest BCUT2D eigenvalue weighted by atomic mass is 16.5. The van der Waals surface area contributed by atoms with E-state index in [1.165, 1.54) is 6.26 Å². The lowest BCUT2D eigenvalue weighted by Gasteiger charge is -2.02. The summed E-state index contributed by atoms with van der Waals surface area (Å²) >= 11 is 0. The fraction of sp³-hybridized carbons (Fsp3) is 0.133.